The predicted octanol–water partition coefficient (Wildman–Crippen LogP) is 5.32. The number of halogens is 2. The van der Waals surface area contributed by atoms with E-state index in [9.17, 15) is 4.39 Å². The smallest absolute Gasteiger partial charge is 0.206 e. The second-order valence-corrected chi connectivity index (χ2v) is 10.1. The van der Waals surface area contributed by atoms with Crippen molar-refractivity contribution in [3.63, 3.8) is 0 Å². The quantitative estimate of drug-likeness (QED) is 0.356. The van der Waals surface area contributed by atoms with Crippen LogP contribution in [0.3, 0.4) is 0 Å². The third kappa shape index (κ3) is 4.49. The summed E-state index contributed by atoms with van der Waals surface area (Å²) in [6, 6.07) is 3.93. The molecule has 2 N–H and O–H groups in total. The lowest BCUT2D eigenvalue weighted by Crippen LogP contribution is -2.31. The Balaban J connectivity index is 1.08. The van der Waals surface area contributed by atoms with Crippen LogP contribution in [0.2, 0.25) is 5.02 Å². The van der Waals surface area contributed by atoms with E-state index in [1.54, 1.807) is 0 Å². The molecule has 4 aliphatic rings. The summed E-state index contributed by atoms with van der Waals surface area (Å²) in [5.74, 6) is 3.45. The second kappa shape index (κ2) is 8.51. The highest BCUT2D eigenvalue weighted by Crippen LogP contribution is 2.45. The molecular formula is C25H29ClFN3O. The Morgan fingerprint density at radius 1 is 1.10 bits per heavy atom. The minimum absolute atomic E-state index is 0.0490. The summed E-state index contributed by atoms with van der Waals surface area (Å²) < 4.78 is 19.3. The molecule has 0 radical (unpaired) electrons. The molecule has 1 heterocycles. The van der Waals surface area contributed by atoms with Crippen LogP contribution < -0.4 is 0 Å². The van der Waals surface area contributed by atoms with Gasteiger partial charge in [-0.15, -0.1) is 0 Å². The summed E-state index contributed by atoms with van der Waals surface area (Å²) in [6.07, 6.45) is 12.6. The summed E-state index contributed by atoms with van der Waals surface area (Å²) >= 11 is 6.05. The van der Waals surface area contributed by atoms with Gasteiger partial charge in [-0.25, -0.2) is 4.39 Å². The Hall–Kier alpha value is -1.98. The van der Waals surface area contributed by atoms with Crippen molar-refractivity contribution in [2.45, 2.75) is 31.8 Å². The molecule has 1 aliphatic heterocycles. The van der Waals surface area contributed by atoms with Crippen LogP contribution in [0.4, 0.5) is 4.39 Å². The van der Waals surface area contributed by atoms with Crippen LogP contribution in [0.15, 0.2) is 42.5 Å². The molecule has 3 fully saturated rings. The molecule has 5 rings (SSSR count). The van der Waals surface area contributed by atoms with Crippen LogP contribution in [0.25, 0.3) is 0 Å². The van der Waals surface area contributed by atoms with Gasteiger partial charge in [-0.1, -0.05) is 23.8 Å². The van der Waals surface area contributed by atoms with Gasteiger partial charge >= 0.3 is 0 Å². The highest BCUT2D eigenvalue weighted by atomic mass is 35.5. The van der Waals surface area contributed by atoms with Gasteiger partial charge < -0.3 is 15.0 Å². The zero-order valence-electron chi connectivity index (χ0n) is 17.6. The van der Waals surface area contributed by atoms with Crippen molar-refractivity contribution in [1.82, 2.24) is 4.90 Å². The van der Waals surface area contributed by atoms with E-state index in [-0.39, 0.29) is 17.7 Å². The van der Waals surface area contributed by atoms with Crippen LogP contribution >= 0.6 is 11.6 Å². The molecule has 6 heteroatoms. The first kappa shape index (κ1) is 20.9. The topological polar surface area (TPSA) is 60.2 Å². The largest absolute Gasteiger partial charge is 0.475 e. The highest BCUT2D eigenvalue weighted by molar-refractivity contribution is 6.34. The third-order valence-electron chi connectivity index (χ3n) is 7.61. The van der Waals surface area contributed by atoms with E-state index in [1.807, 2.05) is 0 Å². The van der Waals surface area contributed by atoms with Crippen LogP contribution in [0.1, 0.15) is 31.2 Å². The van der Waals surface area contributed by atoms with Crippen LogP contribution in [-0.2, 0) is 4.74 Å². The lowest BCUT2D eigenvalue weighted by atomic mass is 9.93. The van der Waals surface area contributed by atoms with Crippen molar-refractivity contribution in [2.24, 2.45) is 29.6 Å². The van der Waals surface area contributed by atoms with E-state index in [0.29, 0.717) is 22.4 Å². The maximum Gasteiger partial charge on any atom is 0.206 e. The van der Waals surface area contributed by atoms with Gasteiger partial charge in [0.2, 0.25) is 5.90 Å². The van der Waals surface area contributed by atoms with Crippen molar-refractivity contribution in [3.05, 3.63) is 58.9 Å². The number of fused-ring (bicyclic) bond motifs is 3. The number of benzene rings is 1. The summed E-state index contributed by atoms with van der Waals surface area (Å²) in [5.41, 5.74) is 0.374. The number of rotatable bonds is 6. The lowest BCUT2D eigenvalue weighted by Gasteiger charge is -2.26. The maximum atomic E-state index is 13.4. The van der Waals surface area contributed by atoms with E-state index in [1.165, 1.54) is 49.7 Å². The molecule has 0 aromatic heterocycles. The first-order valence-corrected chi connectivity index (χ1v) is 11.7. The number of hydrogen-bond donors (Lipinski definition) is 2. The number of nitrogens with zero attached hydrogens (tertiary/aromatic N) is 1. The average Bonchev–Trinajstić information content (AvgIpc) is 3.49. The van der Waals surface area contributed by atoms with Crippen molar-refractivity contribution in [3.8, 4) is 0 Å². The van der Waals surface area contributed by atoms with Crippen molar-refractivity contribution in [1.29, 1.82) is 10.8 Å². The molecule has 3 unspecified atom stereocenters. The van der Waals surface area contributed by atoms with Gasteiger partial charge in [-0.05, 0) is 79.5 Å². The van der Waals surface area contributed by atoms with Crippen molar-refractivity contribution in [2.75, 3.05) is 19.6 Å². The molecule has 1 aromatic carbocycles. The Morgan fingerprint density at radius 2 is 1.87 bits per heavy atom. The number of allylic oxidation sites excluding steroid dienone is 3. The zero-order chi connectivity index (χ0) is 21.5. The predicted molar refractivity (Wildman–Crippen MR) is 121 cm³/mol. The van der Waals surface area contributed by atoms with Gasteiger partial charge in [0.1, 0.15) is 11.9 Å². The van der Waals surface area contributed by atoms with Gasteiger partial charge in [-0.2, -0.15) is 0 Å². The monoisotopic (exact) mass is 441 g/mol. The van der Waals surface area contributed by atoms with E-state index in [2.05, 4.69) is 17.1 Å². The minimum atomic E-state index is -0.438. The molecule has 3 aliphatic carbocycles. The first-order chi connectivity index (χ1) is 14.9. The van der Waals surface area contributed by atoms with Gasteiger partial charge in [0.15, 0.2) is 0 Å². The normalized spacial score (nSPS) is 34.0. The van der Waals surface area contributed by atoms with Crippen LogP contribution in [0, 0.1) is 46.2 Å². The van der Waals surface area contributed by atoms with E-state index >= 15 is 0 Å². The fraction of sp³-hybridized carbons (Fsp3) is 0.520. The molecule has 2 saturated carbocycles. The van der Waals surface area contributed by atoms with Crippen molar-refractivity contribution >= 4 is 23.2 Å². The van der Waals surface area contributed by atoms with Gasteiger partial charge in [0, 0.05) is 31.3 Å². The van der Waals surface area contributed by atoms with E-state index in [0.717, 1.165) is 43.7 Å². The molecule has 0 spiro atoms. The lowest BCUT2D eigenvalue weighted by molar-refractivity contribution is 0.167. The number of ether oxygens (including phenoxy) is 1. The Labute approximate surface area is 188 Å². The highest BCUT2D eigenvalue weighted by Gasteiger charge is 2.44. The molecule has 4 nitrogen and oxygen atoms in total. The number of hydrogen-bond acceptors (Lipinski definition) is 4. The third-order valence-corrected chi connectivity index (χ3v) is 7.94. The summed E-state index contributed by atoms with van der Waals surface area (Å²) in [5, 5.41) is 16.5. The van der Waals surface area contributed by atoms with E-state index < -0.39 is 5.82 Å². The van der Waals surface area contributed by atoms with Crippen molar-refractivity contribution < 1.29 is 9.13 Å². The second-order valence-electron chi connectivity index (χ2n) is 9.73. The average molecular weight is 442 g/mol. The molecule has 6 atom stereocenters. The molecule has 1 aromatic rings. The first-order valence-electron chi connectivity index (χ1n) is 11.3. The summed E-state index contributed by atoms with van der Waals surface area (Å²) in [6.45, 7) is 3.56. The SMILES string of the molecule is N=C(/C=C\C(=N)c1cc(F)ccc1Cl)O[C@@H]1C[C@@H]2CN(CC3CC4C=CC3C4)C[C@@H]2C1. The molecule has 0 amide bonds. The minimum Gasteiger partial charge on any atom is -0.475 e. The fourth-order valence-electron chi connectivity index (χ4n) is 6.19. The standard InChI is InChI=1S/C25H29ClFN3O/c26-23-4-3-20(27)11-22(23)24(28)5-6-25(29)31-21-9-18-13-30(14-19(18)10-21)12-17-8-15-1-2-16(17)7-15/h1-6,11,15-19,21,28-29H,7-10,12-14H2/b6-5-,28-24?,29-25?/t15?,16?,17?,18-,19+,21-. The zero-order valence-corrected chi connectivity index (χ0v) is 18.3. The van der Waals surface area contributed by atoms with Crippen LogP contribution in [-0.4, -0.2) is 42.2 Å². The molecular weight excluding hydrogens is 413 g/mol. The Bertz CT molecular complexity index is 931. The maximum absolute atomic E-state index is 13.4. The van der Waals surface area contributed by atoms with E-state index in [4.69, 9.17) is 27.2 Å². The number of nitrogens with one attached hydrogen (secondary N) is 2. The molecule has 31 heavy (non-hydrogen) atoms. The van der Waals surface area contributed by atoms with Crippen LogP contribution in [0.5, 0.6) is 0 Å². The molecule has 164 valence electrons. The summed E-state index contributed by atoms with van der Waals surface area (Å²) in [4.78, 5) is 2.67. The number of likely N-dealkylation sites (tertiary alicyclic amines) is 1. The molecule has 2 bridgehead atoms. The Kier molecular flexibility index (Phi) is 5.74. The molecule has 1 saturated heterocycles. The summed E-state index contributed by atoms with van der Waals surface area (Å²) in [7, 11) is 0. The van der Waals surface area contributed by atoms with Gasteiger partial charge in [-0.3, -0.25) is 5.41 Å². The Morgan fingerprint density at radius 3 is 2.55 bits per heavy atom. The fourth-order valence-corrected chi connectivity index (χ4v) is 6.41. The van der Waals surface area contributed by atoms with Gasteiger partial charge in [0.05, 0.1) is 10.7 Å². The van der Waals surface area contributed by atoms with Gasteiger partial charge in [0.25, 0.3) is 0 Å².